The molecule has 2 aliphatic rings. The Morgan fingerprint density at radius 1 is 1.26 bits per heavy atom. The van der Waals surface area contributed by atoms with Crippen LogP contribution in [0.3, 0.4) is 0 Å². The van der Waals surface area contributed by atoms with Crippen molar-refractivity contribution in [1.82, 2.24) is 20.5 Å². The van der Waals surface area contributed by atoms with Gasteiger partial charge in [0.2, 0.25) is 0 Å². The van der Waals surface area contributed by atoms with Crippen LogP contribution in [0.5, 0.6) is 0 Å². The quantitative estimate of drug-likeness (QED) is 0.637. The molecule has 0 aromatic carbocycles. The molecule has 2 N–H and O–H groups in total. The molecule has 2 fully saturated rings. The highest BCUT2D eigenvalue weighted by Gasteiger charge is 2.29. The van der Waals surface area contributed by atoms with Gasteiger partial charge in [-0.05, 0) is 18.6 Å². The molecule has 27 heavy (non-hydrogen) atoms. The SMILES string of the molecule is O=C(NCCN1CCOCC1)c1ccnc(C(=O)NC2CCS(=O)(=O)C2)c1. The van der Waals surface area contributed by atoms with Crippen molar-refractivity contribution >= 4 is 21.7 Å². The number of carbonyl (C=O) groups is 2. The fourth-order valence-corrected chi connectivity index (χ4v) is 4.79. The second kappa shape index (κ2) is 8.77. The Morgan fingerprint density at radius 3 is 2.74 bits per heavy atom. The van der Waals surface area contributed by atoms with Gasteiger partial charge in [0.25, 0.3) is 11.8 Å². The molecule has 148 valence electrons. The van der Waals surface area contributed by atoms with Gasteiger partial charge in [0.05, 0.1) is 24.7 Å². The Bertz CT molecular complexity index is 792. The van der Waals surface area contributed by atoms with Crippen molar-refractivity contribution < 1.29 is 22.7 Å². The lowest BCUT2D eigenvalue weighted by atomic mass is 10.2. The molecule has 3 rings (SSSR count). The zero-order valence-electron chi connectivity index (χ0n) is 15.0. The van der Waals surface area contributed by atoms with Crippen molar-refractivity contribution in [3.8, 4) is 0 Å². The average Bonchev–Trinajstić information content (AvgIpc) is 3.01. The van der Waals surface area contributed by atoms with Crippen molar-refractivity contribution in [3.63, 3.8) is 0 Å². The molecule has 0 spiro atoms. The summed E-state index contributed by atoms with van der Waals surface area (Å²) < 4.78 is 28.3. The first kappa shape index (κ1) is 19.7. The van der Waals surface area contributed by atoms with Gasteiger partial charge >= 0.3 is 0 Å². The van der Waals surface area contributed by atoms with E-state index in [4.69, 9.17) is 4.74 Å². The maximum absolute atomic E-state index is 12.3. The molecule has 2 amide bonds. The molecule has 0 saturated carbocycles. The molecule has 10 heteroatoms. The van der Waals surface area contributed by atoms with E-state index >= 15 is 0 Å². The van der Waals surface area contributed by atoms with E-state index < -0.39 is 21.8 Å². The summed E-state index contributed by atoms with van der Waals surface area (Å²) in [5.41, 5.74) is 0.441. The normalized spacial score (nSPS) is 22.3. The molecule has 2 saturated heterocycles. The van der Waals surface area contributed by atoms with E-state index in [1.54, 1.807) is 6.07 Å². The minimum absolute atomic E-state index is 0.0551. The number of aromatic nitrogens is 1. The second-order valence-corrected chi connectivity index (χ2v) is 8.94. The highest BCUT2D eigenvalue weighted by molar-refractivity contribution is 7.91. The van der Waals surface area contributed by atoms with Crippen LogP contribution in [0.1, 0.15) is 27.3 Å². The first-order valence-electron chi connectivity index (χ1n) is 8.98. The summed E-state index contributed by atoms with van der Waals surface area (Å²) in [7, 11) is -3.08. The number of nitrogens with zero attached hydrogens (tertiary/aromatic N) is 2. The molecule has 9 nitrogen and oxygen atoms in total. The number of amides is 2. The number of ether oxygens (including phenoxy) is 1. The Balaban J connectivity index is 1.51. The summed E-state index contributed by atoms with van der Waals surface area (Å²) in [6.07, 6.45) is 1.80. The molecule has 2 aliphatic heterocycles. The van der Waals surface area contributed by atoms with Crippen molar-refractivity contribution in [3.05, 3.63) is 29.6 Å². The Kier molecular flexibility index (Phi) is 6.40. The monoisotopic (exact) mass is 396 g/mol. The average molecular weight is 396 g/mol. The number of rotatable bonds is 6. The van der Waals surface area contributed by atoms with Crippen LogP contribution in [-0.4, -0.2) is 87.1 Å². The Labute approximate surface area is 158 Å². The molecule has 0 radical (unpaired) electrons. The number of morpholine rings is 1. The molecule has 1 unspecified atom stereocenters. The van der Waals surface area contributed by atoms with Gasteiger partial charge in [-0.1, -0.05) is 0 Å². The van der Waals surface area contributed by atoms with Crippen LogP contribution in [0.25, 0.3) is 0 Å². The lowest BCUT2D eigenvalue weighted by molar-refractivity contribution is 0.0383. The predicted molar refractivity (Wildman–Crippen MR) is 98.4 cm³/mol. The maximum Gasteiger partial charge on any atom is 0.270 e. The summed E-state index contributed by atoms with van der Waals surface area (Å²) in [5.74, 6) is -0.722. The number of carbonyl (C=O) groups excluding carboxylic acids is 2. The van der Waals surface area contributed by atoms with Crippen LogP contribution in [0, 0.1) is 0 Å². The van der Waals surface area contributed by atoms with E-state index in [0.29, 0.717) is 31.7 Å². The van der Waals surface area contributed by atoms with Crippen LogP contribution in [0.2, 0.25) is 0 Å². The van der Waals surface area contributed by atoms with E-state index in [0.717, 1.165) is 19.6 Å². The molecule has 0 bridgehead atoms. The van der Waals surface area contributed by atoms with Crippen LogP contribution in [0.4, 0.5) is 0 Å². The van der Waals surface area contributed by atoms with Gasteiger partial charge in [0.1, 0.15) is 5.69 Å². The molecular weight excluding hydrogens is 372 g/mol. The third-order valence-electron chi connectivity index (χ3n) is 4.64. The third-order valence-corrected chi connectivity index (χ3v) is 6.41. The van der Waals surface area contributed by atoms with Gasteiger partial charge < -0.3 is 15.4 Å². The minimum atomic E-state index is -3.08. The molecule has 3 heterocycles. The van der Waals surface area contributed by atoms with E-state index in [9.17, 15) is 18.0 Å². The van der Waals surface area contributed by atoms with Gasteiger partial charge in [-0.3, -0.25) is 19.5 Å². The van der Waals surface area contributed by atoms with Crippen LogP contribution in [0.15, 0.2) is 18.3 Å². The largest absolute Gasteiger partial charge is 0.379 e. The highest BCUT2D eigenvalue weighted by atomic mass is 32.2. The lowest BCUT2D eigenvalue weighted by Gasteiger charge is -2.26. The molecule has 1 aromatic heterocycles. The van der Waals surface area contributed by atoms with E-state index in [1.165, 1.54) is 12.3 Å². The third kappa shape index (κ3) is 5.72. The fourth-order valence-electron chi connectivity index (χ4n) is 3.12. The van der Waals surface area contributed by atoms with Crippen molar-refractivity contribution in [2.75, 3.05) is 50.9 Å². The number of pyridine rings is 1. The van der Waals surface area contributed by atoms with Gasteiger partial charge in [-0.25, -0.2) is 8.42 Å². The van der Waals surface area contributed by atoms with Crippen molar-refractivity contribution in [2.45, 2.75) is 12.5 Å². The predicted octanol–water partition coefficient (Wildman–Crippen LogP) is -0.939. The number of hydrogen-bond donors (Lipinski definition) is 2. The topological polar surface area (TPSA) is 118 Å². The van der Waals surface area contributed by atoms with Gasteiger partial charge in [-0.2, -0.15) is 0 Å². The summed E-state index contributed by atoms with van der Waals surface area (Å²) in [5, 5.41) is 5.51. The van der Waals surface area contributed by atoms with Crippen molar-refractivity contribution in [1.29, 1.82) is 0 Å². The maximum atomic E-state index is 12.3. The molecule has 1 atom stereocenters. The minimum Gasteiger partial charge on any atom is -0.379 e. The number of sulfone groups is 1. The molecule has 0 aliphatic carbocycles. The smallest absolute Gasteiger partial charge is 0.270 e. The number of nitrogens with one attached hydrogen (secondary N) is 2. The van der Waals surface area contributed by atoms with Crippen LogP contribution >= 0.6 is 0 Å². The van der Waals surface area contributed by atoms with Crippen molar-refractivity contribution in [2.24, 2.45) is 0 Å². The molecule has 1 aromatic rings. The van der Waals surface area contributed by atoms with Gasteiger partial charge in [0.15, 0.2) is 9.84 Å². The fraction of sp³-hybridized carbons (Fsp3) is 0.588. The van der Waals surface area contributed by atoms with E-state index in [1.807, 2.05) is 0 Å². The lowest BCUT2D eigenvalue weighted by Crippen LogP contribution is -2.41. The molecular formula is C17H24N4O5S. The summed E-state index contributed by atoms with van der Waals surface area (Å²) in [6.45, 7) is 4.36. The zero-order valence-corrected chi connectivity index (χ0v) is 15.8. The van der Waals surface area contributed by atoms with Crippen LogP contribution in [-0.2, 0) is 14.6 Å². The van der Waals surface area contributed by atoms with Crippen LogP contribution < -0.4 is 10.6 Å². The summed E-state index contributed by atoms with van der Waals surface area (Å²) >= 11 is 0. The second-order valence-electron chi connectivity index (χ2n) is 6.71. The first-order valence-corrected chi connectivity index (χ1v) is 10.8. The number of hydrogen-bond acceptors (Lipinski definition) is 7. The summed E-state index contributed by atoms with van der Waals surface area (Å²) in [4.78, 5) is 30.8. The summed E-state index contributed by atoms with van der Waals surface area (Å²) in [6, 6.07) is 2.55. The van der Waals surface area contributed by atoms with Gasteiger partial charge in [0, 0.05) is 44.0 Å². The Hall–Kier alpha value is -2.04. The Morgan fingerprint density at radius 2 is 2.04 bits per heavy atom. The standard InChI is InChI=1S/C17H24N4O5S/c22-16(19-4-5-21-6-8-26-9-7-21)13-1-3-18-15(11-13)17(23)20-14-2-10-27(24,25)12-14/h1,3,11,14H,2,4-10,12H2,(H,19,22)(H,20,23). The van der Waals surface area contributed by atoms with E-state index in [2.05, 4.69) is 20.5 Å². The zero-order chi connectivity index (χ0) is 19.3. The van der Waals surface area contributed by atoms with Gasteiger partial charge in [-0.15, -0.1) is 0 Å². The first-order chi connectivity index (χ1) is 12.9. The van der Waals surface area contributed by atoms with E-state index in [-0.39, 0.29) is 23.1 Å². The highest BCUT2D eigenvalue weighted by Crippen LogP contribution is 2.12.